The first-order valence-electron chi connectivity index (χ1n) is 10.5. The number of hydrogen-bond acceptors (Lipinski definition) is 3. The Morgan fingerprint density at radius 1 is 0.844 bits per heavy atom. The lowest BCUT2D eigenvalue weighted by atomic mass is 9.88. The van der Waals surface area contributed by atoms with Crippen LogP contribution in [0.1, 0.15) is 30.0 Å². The van der Waals surface area contributed by atoms with E-state index in [9.17, 15) is 0 Å². The Morgan fingerprint density at radius 3 is 2.06 bits per heavy atom. The lowest BCUT2D eigenvalue weighted by molar-refractivity contribution is 0.343. The first kappa shape index (κ1) is 22.3. The molecule has 0 atom stereocenters. The van der Waals surface area contributed by atoms with Gasteiger partial charge >= 0.3 is 0 Å². The van der Waals surface area contributed by atoms with Gasteiger partial charge in [-0.25, -0.2) is 0 Å². The molecule has 1 heterocycles. The summed E-state index contributed by atoms with van der Waals surface area (Å²) in [6.45, 7) is 2.65. The van der Waals surface area contributed by atoms with Crippen LogP contribution in [0.3, 0.4) is 0 Å². The van der Waals surface area contributed by atoms with Crippen molar-refractivity contribution in [2.45, 2.75) is 13.3 Å². The van der Waals surface area contributed by atoms with Crippen LogP contribution >= 0.6 is 23.2 Å². The van der Waals surface area contributed by atoms with E-state index in [1.54, 1.807) is 7.11 Å². The molecule has 0 N–H and O–H groups in total. The van der Waals surface area contributed by atoms with E-state index < -0.39 is 0 Å². The predicted octanol–water partition coefficient (Wildman–Crippen LogP) is 8.08. The van der Waals surface area contributed by atoms with Gasteiger partial charge in [-0.15, -0.1) is 11.6 Å². The summed E-state index contributed by atoms with van der Waals surface area (Å²) in [5.74, 6) is 2.08. The molecule has 0 aliphatic carbocycles. The summed E-state index contributed by atoms with van der Waals surface area (Å²) in [4.78, 5) is 0. The first-order chi connectivity index (χ1) is 15.6. The van der Waals surface area contributed by atoms with Gasteiger partial charge in [0.2, 0.25) is 0 Å². The average Bonchev–Trinajstić information content (AvgIpc) is 3.21. The molecular formula is C27H24Cl2O3. The van der Waals surface area contributed by atoms with E-state index in [-0.39, 0.29) is 0 Å². The highest BCUT2D eigenvalue weighted by molar-refractivity contribution is 6.29. The number of rotatable bonds is 8. The van der Waals surface area contributed by atoms with E-state index >= 15 is 0 Å². The lowest BCUT2D eigenvalue weighted by Crippen LogP contribution is -1.99. The maximum atomic E-state index is 6.07. The number of ether oxygens (including phenoxy) is 2. The van der Waals surface area contributed by atoms with Gasteiger partial charge in [-0.3, -0.25) is 0 Å². The van der Waals surface area contributed by atoms with Crippen molar-refractivity contribution in [1.29, 1.82) is 0 Å². The number of hydrogen-bond donors (Lipinski definition) is 0. The van der Waals surface area contributed by atoms with Crippen LogP contribution in [0.25, 0.3) is 22.1 Å². The Balaban J connectivity index is 1.87. The fraction of sp³-hybridized carbons (Fsp3) is 0.185. The zero-order valence-corrected chi connectivity index (χ0v) is 19.5. The third-order valence-electron chi connectivity index (χ3n) is 5.36. The molecule has 164 valence electrons. The van der Waals surface area contributed by atoms with Gasteiger partial charge < -0.3 is 13.9 Å². The Bertz CT molecular complexity index is 1220. The van der Waals surface area contributed by atoms with Crippen LogP contribution in [0.2, 0.25) is 5.22 Å². The summed E-state index contributed by atoms with van der Waals surface area (Å²) in [5.41, 5.74) is 6.52. The fourth-order valence-corrected chi connectivity index (χ4v) is 4.15. The summed E-state index contributed by atoms with van der Waals surface area (Å²) in [7, 11) is 1.67. The van der Waals surface area contributed by atoms with Gasteiger partial charge in [0.1, 0.15) is 23.7 Å². The molecule has 4 aromatic rings. The molecular weight excluding hydrogens is 443 g/mol. The van der Waals surface area contributed by atoms with Crippen LogP contribution in [0.5, 0.6) is 11.5 Å². The Labute approximate surface area is 198 Å². The van der Waals surface area contributed by atoms with Crippen LogP contribution in [0, 0.1) is 0 Å². The maximum absolute atomic E-state index is 6.07. The van der Waals surface area contributed by atoms with Crippen LogP contribution in [-0.4, -0.2) is 19.6 Å². The Kier molecular flexibility index (Phi) is 7.09. The lowest BCUT2D eigenvalue weighted by Gasteiger charge is -2.17. The molecule has 0 saturated heterocycles. The van der Waals surface area contributed by atoms with E-state index in [0.717, 1.165) is 51.2 Å². The predicted molar refractivity (Wildman–Crippen MR) is 133 cm³/mol. The van der Waals surface area contributed by atoms with Gasteiger partial charge in [0.25, 0.3) is 0 Å². The number of allylic oxidation sites excluding steroid dienone is 1. The third kappa shape index (κ3) is 4.79. The second-order valence-electron chi connectivity index (χ2n) is 7.30. The van der Waals surface area contributed by atoms with Crippen molar-refractivity contribution in [3.63, 3.8) is 0 Å². The van der Waals surface area contributed by atoms with Crippen LogP contribution in [-0.2, 0) is 0 Å². The molecule has 4 rings (SSSR count). The molecule has 0 fully saturated rings. The number of benzene rings is 3. The summed E-state index contributed by atoms with van der Waals surface area (Å²) >= 11 is 11.8. The highest BCUT2D eigenvalue weighted by Gasteiger charge is 2.15. The zero-order valence-electron chi connectivity index (χ0n) is 18.0. The van der Waals surface area contributed by atoms with Gasteiger partial charge in [0.05, 0.1) is 13.0 Å². The number of furan rings is 1. The van der Waals surface area contributed by atoms with Crippen LogP contribution in [0.15, 0.2) is 77.2 Å². The normalized spacial score (nSPS) is 12.0. The maximum Gasteiger partial charge on any atom is 0.194 e. The Hall–Kier alpha value is -2.88. The highest BCUT2D eigenvalue weighted by atomic mass is 35.5. The van der Waals surface area contributed by atoms with E-state index in [4.69, 9.17) is 37.1 Å². The number of halogens is 2. The minimum Gasteiger partial charge on any atom is -0.497 e. The molecule has 0 unspecified atom stereocenters. The molecule has 1 aromatic heterocycles. The van der Waals surface area contributed by atoms with Crippen molar-refractivity contribution in [2.75, 3.05) is 19.6 Å². The van der Waals surface area contributed by atoms with E-state index in [1.807, 2.05) is 36.4 Å². The molecule has 5 heteroatoms. The van der Waals surface area contributed by atoms with Crippen molar-refractivity contribution < 1.29 is 13.9 Å². The summed E-state index contributed by atoms with van der Waals surface area (Å²) in [5, 5.41) is 1.37. The monoisotopic (exact) mass is 466 g/mol. The van der Waals surface area contributed by atoms with Crippen molar-refractivity contribution in [2.24, 2.45) is 0 Å². The molecule has 0 bridgehead atoms. The molecule has 0 spiro atoms. The summed E-state index contributed by atoms with van der Waals surface area (Å²) in [6, 6.07) is 24.3. The second-order valence-corrected chi connectivity index (χ2v) is 8.05. The van der Waals surface area contributed by atoms with Gasteiger partial charge in [-0.1, -0.05) is 37.3 Å². The average molecular weight is 467 g/mol. The van der Waals surface area contributed by atoms with E-state index in [0.29, 0.717) is 17.7 Å². The number of methoxy groups -OCH3 is 1. The van der Waals surface area contributed by atoms with Crippen molar-refractivity contribution in [3.05, 3.63) is 94.7 Å². The topological polar surface area (TPSA) is 31.6 Å². The SMILES string of the molecule is CC/C(=C(\c1ccc(OC)cc1)c1ccc(OCCCl)cc1)c1ccc2oc(Cl)cc2c1. The van der Waals surface area contributed by atoms with Gasteiger partial charge in [0, 0.05) is 11.5 Å². The molecule has 0 radical (unpaired) electrons. The Morgan fingerprint density at radius 2 is 1.47 bits per heavy atom. The van der Waals surface area contributed by atoms with E-state index in [1.165, 1.54) is 5.57 Å². The van der Waals surface area contributed by atoms with Crippen molar-refractivity contribution >= 4 is 45.3 Å². The molecule has 0 aliphatic rings. The standard InChI is InChI=1S/C27H24Cl2O3/c1-3-24(20-8-13-25-21(16-20)17-26(29)32-25)27(18-4-9-22(30-2)10-5-18)19-6-11-23(12-7-19)31-15-14-28/h4-13,16-17H,3,14-15H2,1-2H3/b27-24-. The quantitative estimate of drug-likeness (QED) is 0.194. The second kappa shape index (κ2) is 10.2. The third-order valence-corrected chi connectivity index (χ3v) is 5.70. The summed E-state index contributed by atoms with van der Waals surface area (Å²) < 4.78 is 16.6. The summed E-state index contributed by atoms with van der Waals surface area (Å²) in [6.07, 6.45) is 0.850. The largest absolute Gasteiger partial charge is 0.497 e. The number of fused-ring (bicyclic) bond motifs is 1. The molecule has 0 amide bonds. The highest BCUT2D eigenvalue weighted by Crippen LogP contribution is 2.37. The van der Waals surface area contributed by atoms with E-state index in [2.05, 4.69) is 43.3 Å². The van der Waals surface area contributed by atoms with Gasteiger partial charge in [-0.2, -0.15) is 0 Å². The van der Waals surface area contributed by atoms with Crippen molar-refractivity contribution in [1.82, 2.24) is 0 Å². The first-order valence-corrected chi connectivity index (χ1v) is 11.4. The number of alkyl halides is 1. The molecule has 0 saturated carbocycles. The zero-order chi connectivity index (χ0) is 22.5. The fourth-order valence-electron chi connectivity index (χ4n) is 3.87. The minimum absolute atomic E-state index is 0.391. The van der Waals surface area contributed by atoms with Crippen LogP contribution in [0.4, 0.5) is 0 Å². The van der Waals surface area contributed by atoms with Gasteiger partial charge in [0.15, 0.2) is 5.22 Å². The van der Waals surface area contributed by atoms with Gasteiger partial charge in [-0.05, 0) is 82.3 Å². The minimum atomic E-state index is 0.391. The molecule has 32 heavy (non-hydrogen) atoms. The van der Waals surface area contributed by atoms with Crippen LogP contribution < -0.4 is 9.47 Å². The smallest absolute Gasteiger partial charge is 0.194 e. The molecule has 3 aromatic carbocycles. The molecule has 3 nitrogen and oxygen atoms in total. The molecule has 0 aliphatic heterocycles. The van der Waals surface area contributed by atoms with Crippen molar-refractivity contribution in [3.8, 4) is 11.5 Å².